The van der Waals surface area contributed by atoms with E-state index in [0.717, 1.165) is 11.3 Å². The van der Waals surface area contributed by atoms with Gasteiger partial charge < -0.3 is 10.1 Å². The average molecular weight is 301 g/mol. The summed E-state index contributed by atoms with van der Waals surface area (Å²) in [5, 5.41) is 3.21. The van der Waals surface area contributed by atoms with Gasteiger partial charge in [-0.05, 0) is 30.0 Å². The van der Waals surface area contributed by atoms with Gasteiger partial charge in [0.2, 0.25) is 10.9 Å². The Morgan fingerprint density at radius 1 is 1.09 bits per heavy atom. The first-order chi connectivity index (χ1) is 10.2. The summed E-state index contributed by atoms with van der Waals surface area (Å²) < 4.78 is 5.12. The van der Waals surface area contributed by atoms with Crippen LogP contribution in [0.1, 0.15) is 38.8 Å². The topological polar surface area (TPSA) is 55.4 Å². The number of hydrogen-bond donors (Lipinski definition) is 1. The lowest BCUT2D eigenvalue weighted by molar-refractivity contribution is 0.359. The smallest absolute Gasteiger partial charge is 0.249 e. The van der Waals surface area contributed by atoms with Crippen molar-refractivity contribution >= 4 is 5.69 Å². The van der Waals surface area contributed by atoms with Gasteiger partial charge in [-0.2, -0.15) is 0 Å². The third-order valence-electron chi connectivity index (χ3n) is 4.21. The van der Waals surface area contributed by atoms with E-state index in [4.69, 9.17) is 4.74 Å². The Morgan fingerprint density at radius 3 is 2.18 bits per heavy atom. The van der Waals surface area contributed by atoms with Gasteiger partial charge in [0.15, 0.2) is 0 Å². The fraction of sp³-hybridized carbons (Fsp3) is 0.444. The van der Waals surface area contributed by atoms with Crippen molar-refractivity contribution in [2.75, 3.05) is 12.4 Å². The molecule has 0 saturated carbocycles. The van der Waals surface area contributed by atoms with Crippen LogP contribution in [-0.2, 0) is 6.42 Å². The minimum absolute atomic E-state index is 0.0111. The zero-order valence-corrected chi connectivity index (χ0v) is 13.8. The fourth-order valence-electron chi connectivity index (χ4n) is 2.14. The highest BCUT2D eigenvalue weighted by atomic mass is 16.5. The van der Waals surface area contributed by atoms with E-state index >= 15 is 0 Å². The standard InChI is InChI=1S/C18H23NO3/c1-11(18(2,3)4)19-15-14(16(20)17(15)21)10-12-6-8-13(22-5)9-7-12/h6-9,11,19H,10H2,1-5H3. The van der Waals surface area contributed by atoms with Crippen molar-refractivity contribution in [3.63, 3.8) is 0 Å². The van der Waals surface area contributed by atoms with Gasteiger partial charge in [-0.25, -0.2) is 0 Å². The Labute approximate surface area is 130 Å². The van der Waals surface area contributed by atoms with Crippen LogP contribution in [0.25, 0.3) is 0 Å². The molecule has 0 fully saturated rings. The lowest BCUT2D eigenvalue weighted by Crippen LogP contribution is -2.43. The van der Waals surface area contributed by atoms with Gasteiger partial charge in [0.05, 0.1) is 12.8 Å². The van der Waals surface area contributed by atoms with Crippen LogP contribution in [0.2, 0.25) is 0 Å². The lowest BCUT2D eigenvalue weighted by Gasteiger charge is -2.30. The van der Waals surface area contributed by atoms with E-state index in [1.807, 2.05) is 31.2 Å². The quantitative estimate of drug-likeness (QED) is 0.863. The highest BCUT2D eigenvalue weighted by Crippen LogP contribution is 2.24. The molecule has 0 radical (unpaired) electrons. The minimum Gasteiger partial charge on any atom is -0.497 e. The maximum absolute atomic E-state index is 11.9. The summed E-state index contributed by atoms with van der Waals surface area (Å²) in [4.78, 5) is 23.7. The number of benzene rings is 1. The lowest BCUT2D eigenvalue weighted by atomic mass is 9.87. The number of methoxy groups -OCH3 is 1. The Hall–Kier alpha value is -2.10. The maximum Gasteiger partial charge on any atom is 0.249 e. The second kappa shape index (κ2) is 5.95. The largest absolute Gasteiger partial charge is 0.497 e. The molecule has 4 heteroatoms. The molecule has 2 aromatic rings. The first kappa shape index (κ1) is 16.3. The number of nitrogens with one attached hydrogen (secondary N) is 1. The van der Waals surface area contributed by atoms with E-state index in [1.165, 1.54) is 0 Å². The van der Waals surface area contributed by atoms with Crippen molar-refractivity contribution in [3.05, 3.63) is 55.8 Å². The zero-order valence-electron chi connectivity index (χ0n) is 13.8. The Kier molecular flexibility index (Phi) is 4.40. The summed E-state index contributed by atoms with van der Waals surface area (Å²) in [5.41, 5.74) is 1.27. The van der Waals surface area contributed by atoms with E-state index in [-0.39, 0.29) is 16.9 Å². The molecule has 2 rings (SSSR count). The molecule has 1 unspecified atom stereocenters. The molecule has 0 saturated heterocycles. The predicted molar refractivity (Wildman–Crippen MR) is 89.7 cm³/mol. The molecule has 1 N–H and O–H groups in total. The van der Waals surface area contributed by atoms with Crippen molar-refractivity contribution in [1.29, 1.82) is 0 Å². The molecule has 1 atom stereocenters. The van der Waals surface area contributed by atoms with Crippen LogP contribution in [0.15, 0.2) is 33.9 Å². The van der Waals surface area contributed by atoms with Gasteiger partial charge in [0.1, 0.15) is 5.75 Å². The molecule has 0 aromatic heterocycles. The van der Waals surface area contributed by atoms with Crippen molar-refractivity contribution < 1.29 is 4.74 Å². The van der Waals surface area contributed by atoms with Gasteiger partial charge in [-0.15, -0.1) is 0 Å². The van der Waals surface area contributed by atoms with Crippen LogP contribution < -0.4 is 20.9 Å². The molecule has 2 aromatic carbocycles. The number of hydrogen-bond acceptors (Lipinski definition) is 4. The molecule has 4 nitrogen and oxygen atoms in total. The summed E-state index contributed by atoms with van der Waals surface area (Å²) in [5.74, 6) is 0.772. The molecule has 0 aliphatic rings. The van der Waals surface area contributed by atoms with Crippen molar-refractivity contribution in [2.24, 2.45) is 5.41 Å². The Morgan fingerprint density at radius 2 is 1.68 bits per heavy atom. The van der Waals surface area contributed by atoms with Crippen molar-refractivity contribution in [2.45, 2.75) is 40.2 Å². The van der Waals surface area contributed by atoms with E-state index in [1.54, 1.807) is 7.11 Å². The van der Waals surface area contributed by atoms with E-state index in [9.17, 15) is 9.59 Å². The molecule has 0 aliphatic heterocycles. The van der Waals surface area contributed by atoms with Crippen LogP contribution in [0.4, 0.5) is 5.69 Å². The van der Waals surface area contributed by atoms with Gasteiger partial charge in [0, 0.05) is 18.0 Å². The van der Waals surface area contributed by atoms with Crippen molar-refractivity contribution in [1.82, 2.24) is 0 Å². The molecule has 0 spiro atoms. The molecule has 0 bridgehead atoms. The van der Waals surface area contributed by atoms with E-state index in [0.29, 0.717) is 17.7 Å². The SMILES string of the molecule is COc1ccc(Cc2c(NC(C)C(C)(C)C)c(=O)c2=O)cc1. The van der Waals surface area contributed by atoms with Crippen LogP contribution in [0.5, 0.6) is 5.75 Å². The van der Waals surface area contributed by atoms with E-state index in [2.05, 4.69) is 26.1 Å². The molecule has 0 heterocycles. The minimum atomic E-state index is -0.403. The molecule has 0 aliphatic carbocycles. The molecule has 22 heavy (non-hydrogen) atoms. The summed E-state index contributed by atoms with van der Waals surface area (Å²) in [6, 6.07) is 7.63. The van der Waals surface area contributed by atoms with Gasteiger partial charge in [0.25, 0.3) is 0 Å². The summed E-state index contributed by atoms with van der Waals surface area (Å²) >= 11 is 0. The number of anilines is 1. The number of ether oxygens (including phenoxy) is 1. The summed E-state index contributed by atoms with van der Waals surface area (Å²) in [6.45, 7) is 8.31. The second-order valence-electron chi connectivity index (χ2n) is 6.77. The van der Waals surface area contributed by atoms with Gasteiger partial charge in [-0.1, -0.05) is 32.9 Å². The second-order valence-corrected chi connectivity index (χ2v) is 6.77. The van der Waals surface area contributed by atoms with E-state index < -0.39 is 5.43 Å². The third-order valence-corrected chi connectivity index (χ3v) is 4.21. The molecular weight excluding hydrogens is 278 g/mol. The van der Waals surface area contributed by atoms with Crippen LogP contribution in [0, 0.1) is 5.41 Å². The number of rotatable bonds is 5. The first-order valence-corrected chi connectivity index (χ1v) is 7.45. The Balaban J connectivity index is 2.20. The zero-order chi connectivity index (χ0) is 16.5. The van der Waals surface area contributed by atoms with Gasteiger partial charge >= 0.3 is 0 Å². The normalized spacial score (nSPS) is 13.1. The highest BCUT2D eigenvalue weighted by Gasteiger charge is 2.26. The first-order valence-electron chi connectivity index (χ1n) is 7.45. The molecule has 118 valence electrons. The molecular formula is C18H23NO3. The van der Waals surface area contributed by atoms with Crippen LogP contribution in [0.3, 0.4) is 0 Å². The fourth-order valence-corrected chi connectivity index (χ4v) is 2.14. The average Bonchev–Trinajstić information content (AvgIpc) is 2.49. The van der Waals surface area contributed by atoms with Crippen LogP contribution in [-0.4, -0.2) is 13.2 Å². The summed E-state index contributed by atoms with van der Waals surface area (Å²) in [6.07, 6.45) is 0.466. The van der Waals surface area contributed by atoms with Gasteiger partial charge in [-0.3, -0.25) is 9.59 Å². The van der Waals surface area contributed by atoms with Crippen molar-refractivity contribution in [3.8, 4) is 5.75 Å². The maximum atomic E-state index is 11.9. The third kappa shape index (κ3) is 3.21. The monoisotopic (exact) mass is 301 g/mol. The highest BCUT2D eigenvalue weighted by molar-refractivity contribution is 5.58. The van der Waals surface area contributed by atoms with Crippen LogP contribution >= 0.6 is 0 Å². The molecule has 0 amide bonds. The predicted octanol–water partition coefficient (Wildman–Crippen LogP) is 2.73. The Bertz CT molecular complexity index is 716. The summed E-state index contributed by atoms with van der Waals surface area (Å²) in [7, 11) is 1.61.